The zero-order chi connectivity index (χ0) is 14.3. The van der Waals surface area contributed by atoms with E-state index >= 15 is 0 Å². The number of nitrogens with one attached hydrogen (secondary N) is 1. The van der Waals surface area contributed by atoms with Crippen molar-refractivity contribution in [1.82, 2.24) is 10.2 Å². The van der Waals surface area contributed by atoms with Crippen LogP contribution < -0.4 is 5.32 Å². The van der Waals surface area contributed by atoms with Gasteiger partial charge in [0.15, 0.2) is 0 Å². The van der Waals surface area contributed by atoms with E-state index in [0.29, 0.717) is 24.9 Å². The number of nitrogens with zero attached hydrogens (tertiary/aromatic N) is 2. The van der Waals surface area contributed by atoms with Crippen LogP contribution in [0.2, 0.25) is 5.02 Å². The molecule has 2 heterocycles. The Labute approximate surface area is 120 Å². The van der Waals surface area contributed by atoms with Gasteiger partial charge in [-0.3, -0.25) is 14.9 Å². The summed E-state index contributed by atoms with van der Waals surface area (Å²) in [6, 6.07) is 3.98. The summed E-state index contributed by atoms with van der Waals surface area (Å²) >= 11 is 6.01. The highest BCUT2D eigenvalue weighted by Crippen LogP contribution is 2.30. The molecule has 2 fully saturated rings. The number of rotatable bonds is 2. The van der Waals surface area contributed by atoms with Crippen molar-refractivity contribution in [3.8, 4) is 0 Å². The number of benzene rings is 1. The molecule has 1 aromatic carbocycles. The first-order valence-corrected chi connectivity index (χ1v) is 6.88. The second kappa shape index (κ2) is 5.03. The number of fused-ring (bicyclic) bond motifs is 1. The van der Waals surface area contributed by atoms with Crippen molar-refractivity contribution in [3.05, 3.63) is 38.9 Å². The molecule has 2 unspecified atom stereocenters. The van der Waals surface area contributed by atoms with Crippen molar-refractivity contribution >= 4 is 23.2 Å². The fourth-order valence-electron chi connectivity index (χ4n) is 2.98. The van der Waals surface area contributed by atoms with Gasteiger partial charge in [-0.2, -0.15) is 0 Å². The lowest BCUT2D eigenvalue weighted by Gasteiger charge is -2.18. The zero-order valence-electron chi connectivity index (χ0n) is 10.7. The fraction of sp³-hybridized carbons (Fsp3) is 0.462. The third-order valence-electron chi connectivity index (χ3n) is 4.07. The molecule has 1 N–H and O–H groups in total. The van der Waals surface area contributed by atoms with E-state index in [2.05, 4.69) is 5.32 Å². The highest BCUT2D eigenvalue weighted by Gasteiger charge is 2.38. The largest absolute Gasteiger partial charge is 0.338 e. The smallest absolute Gasteiger partial charge is 0.270 e. The second-order valence-corrected chi connectivity index (χ2v) is 5.72. The van der Waals surface area contributed by atoms with Crippen LogP contribution in [-0.2, 0) is 0 Å². The van der Waals surface area contributed by atoms with Crippen LogP contribution in [-0.4, -0.2) is 41.9 Å². The quantitative estimate of drug-likeness (QED) is 0.663. The number of likely N-dealkylation sites (tertiary alicyclic amines) is 1. The Kier molecular flexibility index (Phi) is 3.35. The molecule has 3 rings (SSSR count). The molecule has 1 aromatic rings. The van der Waals surface area contributed by atoms with E-state index in [1.165, 1.54) is 18.2 Å². The normalized spacial score (nSPS) is 24.8. The molecule has 2 aliphatic heterocycles. The average Bonchev–Trinajstić information content (AvgIpc) is 2.98. The maximum Gasteiger partial charge on any atom is 0.270 e. The van der Waals surface area contributed by atoms with Crippen molar-refractivity contribution in [2.24, 2.45) is 11.8 Å². The van der Waals surface area contributed by atoms with Gasteiger partial charge in [0.2, 0.25) is 0 Å². The molecule has 0 saturated carbocycles. The number of carbonyl (C=O) groups excluding carboxylic acids is 1. The average molecular weight is 296 g/mol. The first-order chi connectivity index (χ1) is 9.56. The third-order valence-corrected chi connectivity index (χ3v) is 4.40. The van der Waals surface area contributed by atoms with Crippen molar-refractivity contribution in [2.75, 3.05) is 26.2 Å². The summed E-state index contributed by atoms with van der Waals surface area (Å²) in [5, 5.41) is 14.4. The topological polar surface area (TPSA) is 75.5 Å². The van der Waals surface area contributed by atoms with E-state index < -0.39 is 4.92 Å². The van der Waals surface area contributed by atoms with Gasteiger partial charge in [0.05, 0.1) is 15.5 Å². The van der Waals surface area contributed by atoms with E-state index in [9.17, 15) is 14.9 Å². The highest BCUT2D eigenvalue weighted by molar-refractivity contribution is 6.33. The molecule has 0 aromatic heterocycles. The van der Waals surface area contributed by atoms with E-state index in [0.717, 1.165) is 13.1 Å². The van der Waals surface area contributed by atoms with Crippen molar-refractivity contribution < 1.29 is 9.72 Å². The van der Waals surface area contributed by atoms with E-state index in [-0.39, 0.29) is 22.2 Å². The van der Waals surface area contributed by atoms with Crippen LogP contribution in [0.3, 0.4) is 0 Å². The molecular formula is C13H14ClN3O3. The predicted octanol–water partition coefficient (Wildman–Crippen LogP) is 1.54. The van der Waals surface area contributed by atoms with Gasteiger partial charge in [0.25, 0.3) is 11.6 Å². The lowest BCUT2D eigenvalue weighted by molar-refractivity contribution is -0.384. The number of amides is 1. The maximum atomic E-state index is 12.5. The fourth-order valence-corrected chi connectivity index (χ4v) is 3.18. The van der Waals surface area contributed by atoms with E-state index in [1.54, 1.807) is 4.90 Å². The lowest BCUT2D eigenvalue weighted by Crippen LogP contribution is -2.32. The standard InChI is InChI=1S/C13H14ClN3O3/c14-12-2-1-10(17(19)20)3-11(12)13(18)16-6-8-4-15-5-9(8)7-16/h1-3,8-9,15H,4-7H2. The van der Waals surface area contributed by atoms with Gasteiger partial charge in [-0.25, -0.2) is 0 Å². The van der Waals surface area contributed by atoms with Gasteiger partial charge in [0, 0.05) is 38.3 Å². The van der Waals surface area contributed by atoms with Crippen LogP contribution in [0.25, 0.3) is 0 Å². The number of carbonyl (C=O) groups is 1. The SMILES string of the molecule is O=C(c1cc([N+](=O)[O-])ccc1Cl)N1CC2CNCC2C1. The minimum atomic E-state index is -0.518. The van der Waals surface area contributed by atoms with Crippen molar-refractivity contribution in [1.29, 1.82) is 0 Å². The summed E-state index contributed by atoms with van der Waals surface area (Å²) in [6.45, 7) is 3.24. The molecule has 2 atom stereocenters. The minimum Gasteiger partial charge on any atom is -0.338 e. The zero-order valence-corrected chi connectivity index (χ0v) is 11.5. The van der Waals surface area contributed by atoms with Gasteiger partial charge in [-0.15, -0.1) is 0 Å². The van der Waals surface area contributed by atoms with Crippen molar-refractivity contribution in [2.45, 2.75) is 0 Å². The first-order valence-electron chi connectivity index (χ1n) is 6.50. The van der Waals surface area contributed by atoms with E-state index in [4.69, 9.17) is 11.6 Å². The minimum absolute atomic E-state index is 0.112. The summed E-state index contributed by atoms with van der Waals surface area (Å²) in [6.07, 6.45) is 0. The molecule has 106 valence electrons. The molecule has 0 radical (unpaired) electrons. The number of halogens is 1. The summed E-state index contributed by atoms with van der Waals surface area (Å²) in [4.78, 5) is 24.5. The molecule has 6 nitrogen and oxygen atoms in total. The summed E-state index contributed by atoms with van der Waals surface area (Å²) in [5.74, 6) is 0.751. The van der Waals surface area contributed by atoms with Crippen LogP contribution in [0.15, 0.2) is 18.2 Å². The van der Waals surface area contributed by atoms with E-state index in [1.807, 2.05) is 0 Å². The molecule has 0 bridgehead atoms. The molecule has 2 aliphatic rings. The molecular weight excluding hydrogens is 282 g/mol. The molecule has 2 saturated heterocycles. The number of hydrogen-bond donors (Lipinski definition) is 1. The van der Waals surface area contributed by atoms with Gasteiger partial charge >= 0.3 is 0 Å². The molecule has 7 heteroatoms. The Balaban J connectivity index is 1.84. The van der Waals surface area contributed by atoms with Gasteiger partial charge in [-0.05, 0) is 17.9 Å². The van der Waals surface area contributed by atoms with Gasteiger partial charge in [0.1, 0.15) is 0 Å². The Bertz CT molecular complexity index is 566. The number of nitro benzene ring substituents is 1. The lowest BCUT2D eigenvalue weighted by atomic mass is 10.0. The first kappa shape index (κ1) is 13.3. The number of hydrogen-bond acceptors (Lipinski definition) is 4. The summed E-state index contributed by atoms with van der Waals surface area (Å²) in [5.41, 5.74) is 0.104. The monoisotopic (exact) mass is 295 g/mol. The Morgan fingerprint density at radius 2 is 2.00 bits per heavy atom. The molecule has 0 aliphatic carbocycles. The van der Waals surface area contributed by atoms with Crippen molar-refractivity contribution in [3.63, 3.8) is 0 Å². The maximum absolute atomic E-state index is 12.5. The number of non-ortho nitro benzene ring substituents is 1. The second-order valence-electron chi connectivity index (χ2n) is 5.31. The molecule has 1 amide bonds. The van der Waals surface area contributed by atoms with Gasteiger partial charge < -0.3 is 10.2 Å². The van der Waals surface area contributed by atoms with Crippen LogP contribution in [0, 0.1) is 22.0 Å². The molecule has 20 heavy (non-hydrogen) atoms. The third kappa shape index (κ3) is 2.25. The summed E-state index contributed by atoms with van der Waals surface area (Å²) in [7, 11) is 0. The Hall–Kier alpha value is -1.66. The van der Waals surface area contributed by atoms with Crippen LogP contribution in [0.1, 0.15) is 10.4 Å². The number of nitro groups is 1. The Morgan fingerprint density at radius 3 is 2.60 bits per heavy atom. The molecule has 0 spiro atoms. The van der Waals surface area contributed by atoms with Crippen LogP contribution in [0.4, 0.5) is 5.69 Å². The van der Waals surface area contributed by atoms with Gasteiger partial charge in [-0.1, -0.05) is 11.6 Å². The predicted molar refractivity (Wildman–Crippen MR) is 73.9 cm³/mol. The Morgan fingerprint density at radius 1 is 1.35 bits per heavy atom. The highest BCUT2D eigenvalue weighted by atomic mass is 35.5. The van der Waals surface area contributed by atoms with Crippen LogP contribution >= 0.6 is 11.6 Å². The van der Waals surface area contributed by atoms with Crippen LogP contribution in [0.5, 0.6) is 0 Å². The summed E-state index contributed by atoms with van der Waals surface area (Å²) < 4.78 is 0.